The van der Waals surface area contributed by atoms with Crippen LogP contribution in [0.15, 0.2) is 24.5 Å². The molecule has 1 unspecified atom stereocenters. The van der Waals surface area contributed by atoms with E-state index >= 15 is 0 Å². The second-order valence-corrected chi connectivity index (χ2v) is 3.09. The smallest absolute Gasteiger partial charge is 0.251 e. The van der Waals surface area contributed by atoms with E-state index in [0.29, 0.717) is 5.69 Å². The first kappa shape index (κ1) is 8.83. The fourth-order valence-corrected chi connectivity index (χ4v) is 1.41. The quantitative estimate of drug-likeness (QED) is 0.617. The number of hydrogen-bond donors (Lipinski definition) is 1. The minimum Gasteiger partial charge on any atom is -0.319 e. The van der Waals surface area contributed by atoms with Gasteiger partial charge >= 0.3 is 0 Å². The average Bonchev–Trinajstić information content (AvgIpc) is 2.43. The van der Waals surface area contributed by atoms with Crippen molar-refractivity contribution >= 4 is 17.5 Å². The average molecular weight is 191 g/mol. The molecule has 0 aromatic carbocycles. The Morgan fingerprint density at radius 2 is 2.29 bits per heavy atom. The van der Waals surface area contributed by atoms with Gasteiger partial charge in [0.25, 0.3) is 5.91 Å². The highest BCUT2D eigenvalue weighted by atomic mass is 16.2. The molecule has 5 heteroatoms. The monoisotopic (exact) mass is 191 g/mol. The van der Waals surface area contributed by atoms with Crippen molar-refractivity contribution in [2.75, 3.05) is 4.90 Å². The molecule has 2 amide bonds. The Morgan fingerprint density at radius 3 is 2.79 bits per heavy atom. The maximum atomic E-state index is 11.5. The van der Waals surface area contributed by atoms with E-state index in [0.717, 1.165) is 4.90 Å². The summed E-state index contributed by atoms with van der Waals surface area (Å²) in [5, 5.41) is 0. The van der Waals surface area contributed by atoms with Crippen LogP contribution in [-0.2, 0) is 9.59 Å². The molecule has 1 fully saturated rings. The Bertz CT molecular complexity index is 377. The molecule has 5 nitrogen and oxygen atoms in total. The summed E-state index contributed by atoms with van der Waals surface area (Å²) in [6, 6.07) is 2.61. The van der Waals surface area contributed by atoms with Crippen LogP contribution in [0.25, 0.3) is 0 Å². The first-order chi connectivity index (χ1) is 6.70. The number of amides is 2. The highest BCUT2D eigenvalue weighted by Crippen LogP contribution is 2.20. The Kier molecular flexibility index (Phi) is 2.01. The van der Waals surface area contributed by atoms with Crippen LogP contribution < -0.4 is 10.6 Å². The third-order valence-electron chi connectivity index (χ3n) is 2.09. The third kappa shape index (κ3) is 1.27. The van der Waals surface area contributed by atoms with Crippen LogP contribution in [0.1, 0.15) is 6.42 Å². The van der Waals surface area contributed by atoms with Gasteiger partial charge in [0.1, 0.15) is 0 Å². The molecular formula is C9H9N3O2. The van der Waals surface area contributed by atoms with Crippen LogP contribution in [0.4, 0.5) is 5.69 Å². The molecule has 2 heterocycles. The summed E-state index contributed by atoms with van der Waals surface area (Å²) in [4.78, 5) is 27.8. The summed E-state index contributed by atoms with van der Waals surface area (Å²) in [5.41, 5.74) is 5.95. The zero-order valence-corrected chi connectivity index (χ0v) is 7.38. The third-order valence-corrected chi connectivity index (χ3v) is 2.09. The van der Waals surface area contributed by atoms with Crippen molar-refractivity contribution < 1.29 is 9.59 Å². The number of carbonyl (C=O) groups is 2. The molecule has 1 aromatic rings. The fraction of sp³-hybridized carbons (Fsp3) is 0.222. The first-order valence-corrected chi connectivity index (χ1v) is 4.22. The fourth-order valence-electron chi connectivity index (χ4n) is 1.41. The van der Waals surface area contributed by atoms with Crippen molar-refractivity contribution in [2.45, 2.75) is 12.5 Å². The van der Waals surface area contributed by atoms with Gasteiger partial charge in [-0.25, -0.2) is 4.90 Å². The summed E-state index contributed by atoms with van der Waals surface area (Å²) in [5.74, 6) is -0.626. The number of carbonyl (C=O) groups excluding carboxylic acids is 2. The molecule has 1 saturated heterocycles. The minimum atomic E-state index is -0.706. The van der Waals surface area contributed by atoms with E-state index in [1.807, 2.05) is 0 Å². The zero-order chi connectivity index (χ0) is 10.1. The lowest BCUT2D eigenvalue weighted by Gasteiger charge is -2.12. The summed E-state index contributed by atoms with van der Waals surface area (Å²) in [7, 11) is 0. The molecule has 1 aliphatic heterocycles. The Morgan fingerprint density at radius 1 is 1.50 bits per heavy atom. The SMILES string of the molecule is NC1CC(=O)N(c2cccnc2)C1=O. The van der Waals surface area contributed by atoms with E-state index in [9.17, 15) is 9.59 Å². The molecule has 0 saturated carbocycles. The molecule has 1 aliphatic rings. The number of nitrogens with two attached hydrogens (primary N) is 1. The number of aromatic nitrogens is 1. The molecule has 14 heavy (non-hydrogen) atoms. The normalized spacial score (nSPS) is 21.8. The topological polar surface area (TPSA) is 76.3 Å². The molecular weight excluding hydrogens is 182 g/mol. The van der Waals surface area contributed by atoms with Gasteiger partial charge in [0.2, 0.25) is 5.91 Å². The van der Waals surface area contributed by atoms with E-state index in [1.54, 1.807) is 18.3 Å². The number of rotatable bonds is 1. The standard InChI is InChI=1S/C9H9N3O2/c10-7-4-8(13)12(9(7)14)6-2-1-3-11-5-6/h1-3,5,7H,4,10H2. The summed E-state index contributed by atoms with van der Waals surface area (Å²) in [6.45, 7) is 0. The molecule has 0 spiro atoms. The summed E-state index contributed by atoms with van der Waals surface area (Å²) >= 11 is 0. The van der Waals surface area contributed by atoms with Crippen LogP contribution in [0.3, 0.4) is 0 Å². The molecule has 0 radical (unpaired) electrons. The van der Waals surface area contributed by atoms with Gasteiger partial charge in [-0.15, -0.1) is 0 Å². The van der Waals surface area contributed by atoms with Crippen molar-refractivity contribution in [3.8, 4) is 0 Å². The molecule has 0 bridgehead atoms. The maximum absolute atomic E-state index is 11.5. The van der Waals surface area contributed by atoms with E-state index in [-0.39, 0.29) is 18.2 Å². The Labute approximate surface area is 80.5 Å². The number of imide groups is 1. The minimum absolute atomic E-state index is 0.0771. The Balaban J connectivity index is 2.36. The number of hydrogen-bond acceptors (Lipinski definition) is 4. The van der Waals surface area contributed by atoms with Crippen LogP contribution in [0.2, 0.25) is 0 Å². The molecule has 2 rings (SSSR count). The second kappa shape index (κ2) is 3.19. The number of nitrogens with zero attached hydrogens (tertiary/aromatic N) is 2. The zero-order valence-electron chi connectivity index (χ0n) is 7.38. The van der Waals surface area contributed by atoms with Crippen LogP contribution >= 0.6 is 0 Å². The van der Waals surface area contributed by atoms with E-state index in [1.165, 1.54) is 6.20 Å². The number of pyridine rings is 1. The van der Waals surface area contributed by atoms with E-state index in [2.05, 4.69) is 4.98 Å². The van der Waals surface area contributed by atoms with Crippen molar-refractivity contribution in [1.29, 1.82) is 0 Å². The van der Waals surface area contributed by atoms with Gasteiger partial charge in [-0.3, -0.25) is 14.6 Å². The highest BCUT2D eigenvalue weighted by Gasteiger charge is 2.37. The molecule has 0 aliphatic carbocycles. The van der Waals surface area contributed by atoms with Gasteiger partial charge in [0.05, 0.1) is 24.3 Å². The predicted octanol–water partition coefficient (Wildman–Crippen LogP) is -0.328. The van der Waals surface area contributed by atoms with E-state index in [4.69, 9.17) is 5.73 Å². The molecule has 1 aromatic heterocycles. The van der Waals surface area contributed by atoms with Crippen molar-refractivity contribution in [2.24, 2.45) is 5.73 Å². The lowest BCUT2D eigenvalue weighted by atomic mass is 10.3. The highest BCUT2D eigenvalue weighted by molar-refractivity contribution is 6.22. The van der Waals surface area contributed by atoms with Crippen LogP contribution in [0, 0.1) is 0 Å². The largest absolute Gasteiger partial charge is 0.319 e. The van der Waals surface area contributed by atoms with Crippen molar-refractivity contribution in [1.82, 2.24) is 4.98 Å². The predicted molar refractivity (Wildman–Crippen MR) is 49.3 cm³/mol. The second-order valence-electron chi connectivity index (χ2n) is 3.09. The molecule has 2 N–H and O–H groups in total. The lowest BCUT2D eigenvalue weighted by Crippen LogP contribution is -2.35. The Hall–Kier alpha value is -1.75. The van der Waals surface area contributed by atoms with Crippen molar-refractivity contribution in [3.05, 3.63) is 24.5 Å². The van der Waals surface area contributed by atoms with Gasteiger partial charge in [0, 0.05) is 6.20 Å². The number of anilines is 1. The maximum Gasteiger partial charge on any atom is 0.251 e. The van der Waals surface area contributed by atoms with Gasteiger partial charge in [-0.2, -0.15) is 0 Å². The van der Waals surface area contributed by atoms with Gasteiger partial charge in [-0.05, 0) is 12.1 Å². The van der Waals surface area contributed by atoms with Gasteiger partial charge in [0.15, 0.2) is 0 Å². The lowest BCUT2D eigenvalue weighted by molar-refractivity contribution is -0.121. The summed E-state index contributed by atoms with van der Waals surface area (Å²) < 4.78 is 0. The van der Waals surface area contributed by atoms with Crippen LogP contribution in [0.5, 0.6) is 0 Å². The molecule has 72 valence electrons. The van der Waals surface area contributed by atoms with Gasteiger partial charge < -0.3 is 5.73 Å². The molecule has 1 atom stereocenters. The van der Waals surface area contributed by atoms with Crippen molar-refractivity contribution in [3.63, 3.8) is 0 Å². The van der Waals surface area contributed by atoms with E-state index < -0.39 is 6.04 Å². The summed E-state index contributed by atoms with van der Waals surface area (Å²) in [6.07, 6.45) is 3.12. The first-order valence-electron chi connectivity index (χ1n) is 4.22. The van der Waals surface area contributed by atoms with Crippen LogP contribution in [-0.4, -0.2) is 22.8 Å². The van der Waals surface area contributed by atoms with Gasteiger partial charge in [-0.1, -0.05) is 0 Å².